The van der Waals surface area contributed by atoms with Gasteiger partial charge in [-0.15, -0.1) is 0 Å². The van der Waals surface area contributed by atoms with Gasteiger partial charge in [0.25, 0.3) is 5.91 Å². The highest BCUT2D eigenvalue weighted by Crippen LogP contribution is 2.33. The molecule has 174 valence electrons. The van der Waals surface area contributed by atoms with Gasteiger partial charge in [0.1, 0.15) is 11.6 Å². The Hall–Kier alpha value is -2.36. The number of piperazine rings is 1. The molecule has 0 aromatic heterocycles. The molecule has 0 spiro atoms. The number of sulfonamides is 1. The normalized spacial score (nSPS) is 14.7. The number of halogens is 2. The van der Waals surface area contributed by atoms with Crippen LogP contribution in [0.2, 0.25) is 5.02 Å². The zero-order valence-corrected chi connectivity index (χ0v) is 19.9. The average Bonchev–Trinajstić information content (AvgIpc) is 2.80. The topological polar surface area (TPSA) is 70.2 Å². The van der Waals surface area contributed by atoms with E-state index < -0.39 is 15.8 Å². The number of hydrogen-bond donors (Lipinski definition) is 0. The molecule has 3 rings (SSSR count). The number of amides is 1. The van der Waals surface area contributed by atoms with Crippen LogP contribution in [0.15, 0.2) is 41.3 Å². The second kappa shape index (κ2) is 10.1. The lowest BCUT2D eigenvalue weighted by molar-refractivity contribution is 0.0746. The van der Waals surface area contributed by atoms with E-state index in [4.69, 9.17) is 16.3 Å². The number of carbonyl (C=O) groups is 1. The minimum atomic E-state index is -3.62. The van der Waals surface area contributed by atoms with E-state index in [1.807, 2.05) is 4.90 Å². The van der Waals surface area contributed by atoms with Crippen LogP contribution >= 0.6 is 11.6 Å². The number of rotatable bonds is 7. The SMILES string of the molecule is CCN(CC)S(=O)(=O)c1ccc(OC)c(N2CCN(C(=O)c3cc(F)ccc3Cl)CC2)c1. The van der Waals surface area contributed by atoms with E-state index in [0.29, 0.717) is 50.7 Å². The summed E-state index contributed by atoms with van der Waals surface area (Å²) in [6.07, 6.45) is 0. The van der Waals surface area contributed by atoms with Gasteiger partial charge in [-0.25, -0.2) is 12.8 Å². The number of carbonyl (C=O) groups excluding carboxylic acids is 1. The van der Waals surface area contributed by atoms with Crippen LogP contribution in [-0.2, 0) is 10.0 Å². The quantitative estimate of drug-likeness (QED) is 0.603. The van der Waals surface area contributed by atoms with Crippen LogP contribution in [0.3, 0.4) is 0 Å². The van der Waals surface area contributed by atoms with Crippen molar-refractivity contribution in [2.45, 2.75) is 18.7 Å². The Kier molecular flexibility index (Phi) is 7.63. The lowest BCUT2D eigenvalue weighted by atomic mass is 10.1. The second-order valence-corrected chi connectivity index (χ2v) is 9.67. The van der Waals surface area contributed by atoms with Crippen molar-refractivity contribution in [1.29, 1.82) is 0 Å². The highest BCUT2D eigenvalue weighted by Gasteiger charge is 2.28. The summed E-state index contributed by atoms with van der Waals surface area (Å²) in [5, 5.41) is 0.204. The van der Waals surface area contributed by atoms with E-state index in [1.165, 1.54) is 23.5 Å². The van der Waals surface area contributed by atoms with Crippen LogP contribution in [0, 0.1) is 5.82 Å². The summed E-state index contributed by atoms with van der Waals surface area (Å²) in [7, 11) is -2.09. The summed E-state index contributed by atoms with van der Waals surface area (Å²) in [5.41, 5.74) is 0.779. The molecule has 32 heavy (non-hydrogen) atoms. The molecule has 1 heterocycles. The molecule has 1 aliphatic rings. The molecule has 0 saturated carbocycles. The molecule has 7 nitrogen and oxygen atoms in total. The molecule has 2 aromatic rings. The Balaban J connectivity index is 1.81. The molecule has 2 aromatic carbocycles. The smallest absolute Gasteiger partial charge is 0.255 e. The number of nitrogens with zero attached hydrogens (tertiary/aromatic N) is 3. The van der Waals surface area contributed by atoms with Crippen LogP contribution in [0.1, 0.15) is 24.2 Å². The fraction of sp³-hybridized carbons (Fsp3) is 0.409. The first-order valence-corrected chi connectivity index (χ1v) is 12.2. The Morgan fingerprint density at radius 1 is 1.09 bits per heavy atom. The minimum Gasteiger partial charge on any atom is -0.495 e. The first-order valence-electron chi connectivity index (χ1n) is 10.4. The van der Waals surface area contributed by atoms with Crippen LogP contribution in [-0.4, -0.2) is 69.9 Å². The summed E-state index contributed by atoms with van der Waals surface area (Å²) >= 11 is 6.08. The number of hydrogen-bond acceptors (Lipinski definition) is 5. The van der Waals surface area contributed by atoms with Gasteiger partial charge in [0.2, 0.25) is 10.0 Å². The van der Waals surface area contributed by atoms with E-state index in [9.17, 15) is 17.6 Å². The van der Waals surface area contributed by atoms with E-state index in [0.717, 1.165) is 6.07 Å². The highest BCUT2D eigenvalue weighted by molar-refractivity contribution is 7.89. The Morgan fingerprint density at radius 2 is 1.75 bits per heavy atom. The Labute approximate surface area is 193 Å². The molecule has 0 unspecified atom stereocenters. The molecule has 0 bridgehead atoms. The van der Waals surface area contributed by atoms with Crippen molar-refractivity contribution in [1.82, 2.24) is 9.21 Å². The molecular weight excluding hydrogens is 457 g/mol. The number of ether oxygens (including phenoxy) is 1. The van der Waals surface area contributed by atoms with Crippen molar-refractivity contribution in [3.63, 3.8) is 0 Å². The Morgan fingerprint density at radius 3 is 2.34 bits per heavy atom. The van der Waals surface area contributed by atoms with Crippen LogP contribution in [0.25, 0.3) is 0 Å². The van der Waals surface area contributed by atoms with Gasteiger partial charge >= 0.3 is 0 Å². The zero-order valence-electron chi connectivity index (χ0n) is 18.3. The second-order valence-electron chi connectivity index (χ2n) is 7.33. The summed E-state index contributed by atoms with van der Waals surface area (Å²) in [6, 6.07) is 8.53. The van der Waals surface area contributed by atoms with Gasteiger partial charge in [-0.05, 0) is 36.4 Å². The molecule has 1 fully saturated rings. The largest absolute Gasteiger partial charge is 0.495 e. The summed E-state index contributed by atoms with van der Waals surface area (Å²) in [6.45, 7) is 6.03. The molecule has 0 atom stereocenters. The molecule has 0 radical (unpaired) electrons. The summed E-state index contributed by atoms with van der Waals surface area (Å²) in [5.74, 6) is -0.303. The van der Waals surface area contributed by atoms with E-state index >= 15 is 0 Å². The molecular formula is C22H27ClFN3O4S. The van der Waals surface area contributed by atoms with Crippen molar-refractivity contribution in [3.05, 3.63) is 52.8 Å². The average molecular weight is 484 g/mol. The summed E-state index contributed by atoms with van der Waals surface area (Å²) in [4.78, 5) is 16.6. The molecule has 10 heteroatoms. The van der Waals surface area contributed by atoms with Crippen molar-refractivity contribution in [3.8, 4) is 5.75 Å². The monoisotopic (exact) mass is 483 g/mol. The molecule has 1 aliphatic heterocycles. The van der Waals surface area contributed by atoms with Gasteiger partial charge in [-0.2, -0.15) is 4.31 Å². The third-order valence-electron chi connectivity index (χ3n) is 5.56. The lowest BCUT2D eigenvalue weighted by Gasteiger charge is -2.37. The fourth-order valence-electron chi connectivity index (χ4n) is 3.77. The van der Waals surface area contributed by atoms with Gasteiger partial charge in [0.15, 0.2) is 0 Å². The third kappa shape index (κ3) is 4.84. The van der Waals surface area contributed by atoms with Crippen LogP contribution in [0.5, 0.6) is 5.75 Å². The molecule has 1 amide bonds. The number of benzene rings is 2. The maximum absolute atomic E-state index is 13.6. The fourth-order valence-corrected chi connectivity index (χ4v) is 5.45. The van der Waals surface area contributed by atoms with Gasteiger partial charge in [0.05, 0.1) is 28.3 Å². The van der Waals surface area contributed by atoms with Gasteiger partial charge in [-0.1, -0.05) is 25.4 Å². The predicted octanol–water partition coefficient (Wildman–Crippen LogP) is 3.48. The molecule has 1 saturated heterocycles. The van der Waals surface area contributed by atoms with E-state index in [1.54, 1.807) is 36.9 Å². The standard InChI is InChI=1S/C22H27ClFN3O4S/c1-4-27(5-2)32(29,30)17-7-9-21(31-3)20(15-17)25-10-12-26(13-11-25)22(28)18-14-16(24)6-8-19(18)23/h6-9,14-15H,4-5,10-13H2,1-3H3. The van der Waals surface area contributed by atoms with E-state index in [-0.39, 0.29) is 21.4 Å². The van der Waals surface area contributed by atoms with E-state index in [2.05, 4.69) is 0 Å². The number of methoxy groups -OCH3 is 1. The molecule has 0 N–H and O–H groups in total. The zero-order chi connectivity index (χ0) is 23.5. The van der Waals surface area contributed by atoms with Crippen LogP contribution in [0.4, 0.5) is 10.1 Å². The highest BCUT2D eigenvalue weighted by atomic mass is 35.5. The first-order chi connectivity index (χ1) is 15.2. The minimum absolute atomic E-state index is 0.130. The summed E-state index contributed by atoms with van der Waals surface area (Å²) < 4.78 is 46.4. The van der Waals surface area contributed by atoms with Gasteiger partial charge in [0, 0.05) is 39.3 Å². The third-order valence-corrected chi connectivity index (χ3v) is 7.94. The van der Waals surface area contributed by atoms with Crippen molar-refractivity contribution >= 4 is 33.2 Å². The Bertz CT molecular complexity index is 1080. The van der Waals surface area contributed by atoms with Crippen LogP contribution < -0.4 is 9.64 Å². The molecule has 0 aliphatic carbocycles. The lowest BCUT2D eigenvalue weighted by Crippen LogP contribution is -2.49. The first kappa shape index (κ1) is 24.3. The number of anilines is 1. The van der Waals surface area contributed by atoms with Gasteiger partial charge in [-0.3, -0.25) is 4.79 Å². The van der Waals surface area contributed by atoms with Crippen molar-refractivity contribution in [2.24, 2.45) is 0 Å². The van der Waals surface area contributed by atoms with Gasteiger partial charge < -0.3 is 14.5 Å². The van der Waals surface area contributed by atoms with Crippen molar-refractivity contribution < 1.29 is 22.3 Å². The maximum atomic E-state index is 13.6. The van der Waals surface area contributed by atoms with Crippen molar-refractivity contribution in [2.75, 3.05) is 51.3 Å². The maximum Gasteiger partial charge on any atom is 0.255 e. The predicted molar refractivity (Wildman–Crippen MR) is 123 cm³/mol.